The van der Waals surface area contributed by atoms with Crippen LogP contribution in [0.1, 0.15) is 70.6 Å². The number of fused-ring (bicyclic) bond motifs is 1. The zero-order chi connectivity index (χ0) is 14.5. The third-order valence-corrected chi connectivity index (χ3v) is 6.25. The summed E-state index contributed by atoms with van der Waals surface area (Å²) in [6.07, 6.45) is 19.5. The number of hydrogen-bond donors (Lipinski definition) is 1. The molecule has 3 aliphatic rings. The van der Waals surface area contributed by atoms with Gasteiger partial charge in [-0.25, -0.2) is 0 Å². The van der Waals surface area contributed by atoms with Crippen molar-refractivity contribution < 1.29 is 0 Å². The maximum Gasteiger partial charge on any atom is 0.0470 e. The molecule has 0 heterocycles. The first kappa shape index (κ1) is 15.1. The molecule has 0 aliphatic heterocycles. The SMILES string of the molecule is C=CC1CCC(C=NNC2CCCC3CCCCC32)CC1. The van der Waals surface area contributed by atoms with Crippen molar-refractivity contribution in [2.75, 3.05) is 0 Å². The van der Waals surface area contributed by atoms with E-state index in [2.05, 4.69) is 29.4 Å². The van der Waals surface area contributed by atoms with E-state index < -0.39 is 0 Å². The third-order valence-electron chi connectivity index (χ3n) is 6.25. The van der Waals surface area contributed by atoms with Gasteiger partial charge < -0.3 is 5.43 Å². The zero-order valence-corrected chi connectivity index (χ0v) is 13.5. The summed E-state index contributed by atoms with van der Waals surface area (Å²) in [5.74, 6) is 3.34. The molecule has 0 amide bonds. The van der Waals surface area contributed by atoms with Crippen molar-refractivity contribution in [1.29, 1.82) is 0 Å². The second-order valence-electron chi connectivity index (χ2n) is 7.56. The van der Waals surface area contributed by atoms with Crippen LogP contribution in [0.15, 0.2) is 17.8 Å². The lowest BCUT2D eigenvalue weighted by molar-refractivity contribution is 0.127. The maximum absolute atomic E-state index is 4.66. The van der Waals surface area contributed by atoms with E-state index in [0.29, 0.717) is 12.0 Å². The summed E-state index contributed by atoms with van der Waals surface area (Å²) in [5.41, 5.74) is 3.54. The molecule has 3 fully saturated rings. The van der Waals surface area contributed by atoms with Gasteiger partial charge in [0.15, 0.2) is 0 Å². The van der Waals surface area contributed by atoms with Crippen LogP contribution >= 0.6 is 0 Å². The van der Waals surface area contributed by atoms with Crippen LogP contribution in [0.4, 0.5) is 0 Å². The van der Waals surface area contributed by atoms with Gasteiger partial charge >= 0.3 is 0 Å². The van der Waals surface area contributed by atoms with E-state index in [0.717, 1.165) is 17.8 Å². The van der Waals surface area contributed by atoms with E-state index in [4.69, 9.17) is 0 Å². The second-order valence-corrected chi connectivity index (χ2v) is 7.56. The fraction of sp³-hybridized carbons (Fsp3) is 0.842. The molecular weight excluding hydrogens is 256 g/mol. The van der Waals surface area contributed by atoms with Gasteiger partial charge in [-0.1, -0.05) is 38.2 Å². The van der Waals surface area contributed by atoms with Crippen LogP contribution in [0.3, 0.4) is 0 Å². The van der Waals surface area contributed by atoms with E-state index in [1.165, 1.54) is 70.6 Å². The first-order chi connectivity index (χ1) is 10.4. The first-order valence-corrected chi connectivity index (χ1v) is 9.28. The van der Waals surface area contributed by atoms with Crippen molar-refractivity contribution in [3.63, 3.8) is 0 Å². The van der Waals surface area contributed by atoms with Crippen molar-refractivity contribution >= 4 is 6.21 Å². The van der Waals surface area contributed by atoms with Gasteiger partial charge in [-0.2, -0.15) is 5.10 Å². The Hall–Kier alpha value is -0.790. The van der Waals surface area contributed by atoms with Gasteiger partial charge in [0.2, 0.25) is 0 Å². The fourth-order valence-corrected chi connectivity index (χ4v) is 4.87. The predicted octanol–water partition coefficient (Wildman–Crippen LogP) is 4.91. The highest BCUT2D eigenvalue weighted by Crippen LogP contribution is 2.40. The van der Waals surface area contributed by atoms with Gasteiger partial charge in [0.05, 0.1) is 0 Å². The van der Waals surface area contributed by atoms with Crippen molar-refractivity contribution in [1.82, 2.24) is 5.43 Å². The monoisotopic (exact) mass is 288 g/mol. The molecule has 3 rings (SSSR count). The van der Waals surface area contributed by atoms with Gasteiger partial charge in [0.1, 0.15) is 0 Å². The zero-order valence-electron chi connectivity index (χ0n) is 13.5. The minimum absolute atomic E-state index is 0.657. The molecule has 1 N–H and O–H groups in total. The van der Waals surface area contributed by atoms with E-state index in [-0.39, 0.29) is 0 Å². The van der Waals surface area contributed by atoms with Crippen LogP contribution in [0.5, 0.6) is 0 Å². The summed E-state index contributed by atoms with van der Waals surface area (Å²) in [7, 11) is 0. The molecule has 21 heavy (non-hydrogen) atoms. The summed E-state index contributed by atoms with van der Waals surface area (Å²) in [6.45, 7) is 3.93. The highest BCUT2D eigenvalue weighted by atomic mass is 15.3. The van der Waals surface area contributed by atoms with Gasteiger partial charge in [-0.3, -0.25) is 0 Å². The Kier molecular flexibility index (Phi) is 5.38. The molecule has 0 radical (unpaired) electrons. The van der Waals surface area contributed by atoms with Crippen LogP contribution in [0, 0.1) is 23.7 Å². The van der Waals surface area contributed by atoms with Gasteiger partial charge in [-0.05, 0) is 62.2 Å². The van der Waals surface area contributed by atoms with E-state index in [9.17, 15) is 0 Å². The van der Waals surface area contributed by atoms with Crippen molar-refractivity contribution in [3.05, 3.63) is 12.7 Å². The van der Waals surface area contributed by atoms with Gasteiger partial charge in [0, 0.05) is 12.3 Å². The minimum Gasteiger partial charge on any atom is -0.307 e. The Morgan fingerprint density at radius 1 is 0.810 bits per heavy atom. The highest BCUT2D eigenvalue weighted by Gasteiger charge is 2.34. The van der Waals surface area contributed by atoms with Gasteiger partial charge in [0.25, 0.3) is 0 Å². The first-order valence-electron chi connectivity index (χ1n) is 9.28. The normalized spacial score (nSPS) is 40.7. The van der Waals surface area contributed by atoms with E-state index in [1.54, 1.807) is 0 Å². The van der Waals surface area contributed by atoms with Crippen LogP contribution in [0.25, 0.3) is 0 Å². The molecule has 0 spiro atoms. The summed E-state index contributed by atoms with van der Waals surface area (Å²) in [5, 5.41) is 4.66. The Morgan fingerprint density at radius 3 is 2.33 bits per heavy atom. The molecule has 3 atom stereocenters. The molecule has 3 saturated carbocycles. The van der Waals surface area contributed by atoms with Crippen molar-refractivity contribution in [2.45, 2.75) is 76.7 Å². The van der Waals surface area contributed by atoms with Crippen LogP contribution in [0.2, 0.25) is 0 Å². The molecule has 0 saturated heterocycles. The number of rotatable bonds is 4. The number of hydrogen-bond acceptors (Lipinski definition) is 2. The van der Waals surface area contributed by atoms with E-state index in [1.807, 2.05) is 0 Å². The quantitative estimate of drug-likeness (QED) is 0.443. The Bertz CT molecular complexity index is 353. The molecule has 0 bridgehead atoms. The molecule has 0 aromatic heterocycles. The predicted molar refractivity (Wildman–Crippen MR) is 90.4 cm³/mol. The average molecular weight is 288 g/mol. The maximum atomic E-state index is 4.66. The molecule has 3 aliphatic carbocycles. The van der Waals surface area contributed by atoms with Gasteiger partial charge in [-0.15, -0.1) is 6.58 Å². The average Bonchev–Trinajstić information content (AvgIpc) is 2.56. The number of nitrogens with one attached hydrogen (secondary N) is 1. The molecule has 2 nitrogen and oxygen atoms in total. The lowest BCUT2D eigenvalue weighted by Gasteiger charge is -2.41. The molecule has 3 unspecified atom stereocenters. The van der Waals surface area contributed by atoms with E-state index >= 15 is 0 Å². The standard InChI is InChI=1S/C19H32N2/c1-2-15-10-12-16(13-11-15)14-20-21-19-9-5-7-17-6-3-4-8-18(17)19/h2,14-19,21H,1,3-13H2. The third kappa shape index (κ3) is 3.90. The summed E-state index contributed by atoms with van der Waals surface area (Å²) in [6, 6.07) is 0.657. The smallest absolute Gasteiger partial charge is 0.0470 e. The number of nitrogens with zero attached hydrogens (tertiary/aromatic N) is 1. The minimum atomic E-state index is 0.657. The van der Waals surface area contributed by atoms with Crippen molar-refractivity contribution in [2.24, 2.45) is 28.8 Å². The molecule has 0 aromatic rings. The van der Waals surface area contributed by atoms with Crippen LogP contribution < -0.4 is 5.43 Å². The lowest BCUT2D eigenvalue weighted by atomic mass is 9.68. The Labute approximate surface area is 130 Å². The topological polar surface area (TPSA) is 24.4 Å². The van der Waals surface area contributed by atoms with Crippen LogP contribution in [-0.4, -0.2) is 12.3 Å². The lowest BCUT2D eigenvalue weighted by Crippen LogP contribution is -2.42. The van der Waals surface area contributed by atoms with Crippen LogP contribution in [-0.2, 0) is 0 Å². The van der Waals surface area contributed by atoms with Crippen molar-refractivity contribution in [3.8, 4) is 0 Å². The molecule has 2 heteroatoms. The summed E-state index contributed by atoms with van der Waals surface area (Å²) >= 11 is 0. The summed E-state index contributed by atoms with van der Waals surface area (Å²) in [4.78, 5) is 0. The number of hydrazone groups is 1. The highest BCUT2D eigenvalue weighted by molar-refractivity contribution is 5.60. The number of allylic oxidation sites excluding steroid dienone is 1. The second kappa shape index (κ2) is 7.47. The summed E-state index contributed by atoms with van der Waals surface area (Å²) < 4.78 is 0. The molecule has 0 aromatic carbocycles. The molecular formula is C19H32N2. The largest absolute Gasteiger partial charge is 0.307 e. The molecule has 118 valence electrons. The Morgan fingerprint density at radius 2 is 1.52 bits per heavy atom. The Balaban J connectivity index is 1.45. The fourth-order valence-electron chi connectivity index (χ4n) is 4.87.